The molecule has 0 saturated carbocycles. The van der Waals surface area contributed by atoms with Gasteiger partial charge in [-0.2, -0.15) is 0 Å². The van der Waals surface area contributed by atoms with E-state index in [-0.39, 0.29) is 11.5 Å². The summed E-state index contributed by atoms with van der Waals surface area (Å²) in [6.45, 7) is 1.83. The molecule has 7 nitrogen and oxygen atoms in total. The van der Waals surface area contributed by atoms with Crippen LogP contribution in [0.15, 0.2) is 30.5 Å². The number of hydrogen-bond donors (Lipinski definition) is 4. The van der Waals surface area contributed by atoms with Crippen molar-refractivity contribution >= 4 is 23.3 Å². The number of benzene rings is 1. The highest BCUT2D eigenvalue weighted by Gasteiger charge is 2.09. The molecule has 1 heterocycles. The number of ether oxygens (including phenoxy) is 1. The Morgan fingerprint density at radius 2 is 2.05 bits per heavy atom. The zero-order valence-electron chi connectivity index (χ0n) is 10.8. The van der Waals surface area contributed by atoms with Crippen LogP contribution in [-0.2, 0) is 0 Å². The Labute approximate surface area is 115 Å². The Balaban J connectivity index is 2.32. The van der Waals surface area contributed by atoms with E-state index in [1.807, 2.05) is 6.92 Å². The van der Waals surface area contributed by atoms with Crippen LogP contribution in [0.1, 0.15) is 5.56 Å². The predicted octanol–water partition coefficient (Wildman–Crippen LogP) is 2.44. The van der Waals surface area contributed by atoms with Crippen LogP contribution in [0, 0.1) is 6.92 Å². The highest BCUT2D eigenvalue weighted by Crippen LogP contribution is 2.33. The summed E-state index contributed by atoms with van der Waals surface area (Å²) in [5.41, 5.74) is 12.8. The second-order valence-corrected chi connectivity index (χ2v) is 4.12. The number of rotatable bonds is 3. The van der Waals surface area contributed by atoms with Crippen molar-refractivity contribution in [2.75, 3.05) is 16.8 Å². The smallest absolute Gasteiger partial charge is 0.409 e. The number of amides is 1. The zero-order chi connectivity index (χ0) is 14.7. The monoisotopic (exact) mass is 274 g/mol. The van der Waals surface area contributed by atoms with Crippen LogP contribution in [0.25, 0.3) is 0 Å². The minimum Gasteiger partial charge on any atom is -0.465 e. The van der Waals surface area contributed by atoms with Gasteiger partial charge in [-0.1, -0.05) is 6.07 Å². The lowest BCUT2D eigenvalue weighted by Gasteiger charge is -2.12. The fraction of sp³-hybridized carbons (Fsp3) is 0.0769. The van der Waals surface area contributed by atoms with Crippen LogP contribution in [-0.4, -0.2) is 16.2 Å². The highest BCUT2D eigenvalue weighted by molar-refractivity contribution is 5.83. The molecule has 0 aliphatic rings. The summed E-state index contributed by atoms with van der Waals surface area (Å²) in [5, 5.41) is 11.0. The molecule has 1 aromatic carbocycles. The molecule has 2 aromatic rings. The lowest BCUT2D eigenvalue weighted by atomic mass is 10.2. The Morgan fingerprint density at radius 3 is 2.75 bits per heavy atom. The van der Waals surface area contributed by atoms with Gasteiger partial charge in [0.25, 0.3) is 0 Å². The molecule has 0 radical (unpaired) electrons. The predicted molar refractivity (Wildman–Crippen MR) is 76.0 cm³/mol. The first kappa shape index (κ1) is 13.5. The number of aromatic nitrogens is 1. The van der Waals surface area contributed by atoms with Gasteiger partial charge in [0, 0.05) is 24.0 Å². The molecule has 6 N–H and O–H groups in total. The maximum Gasteiger partial charge on any atom is 0.409 e. The van der Waals surface area contributed by atoms with E-state index in [2.05, 4.69) is 10.3 Å². The fourth-order valence-corrected chi connectivity index (χ4v) is 1.59. The number of nitrogens with zero attached hydrogens (tertiary/aromatic N) is 1. The van der Waals surface area contributed by atoms with E-state index in [1.54, 1.807) is 24.3 Å². The van der Waals surface area contributed by atoms with Gasteiger partial charge in [0.2, 0.25) is 0 Å². The van der Waals surface area contributed by atoms with Gasteiger partial charge in [-0.25, -0.2) is 9.78 Å². The number of carboxylic acid groups (broad SMARTS) is 1. The van der Waals surface area contributed by atoms with Crippen molar-refractivity contribution in [3.8, 4) is 11.5 Å². The van der Waals surface area contributed by atoms with Gasteiger partial charge < -0.3 is 21.3 Å². The average Bonchev–Trinajstić information content (AvgIpc) is 2.38. The first-order chi connectivity index (χ1) is 9.47. The third-order valence-corrected chi connectivity index (χ3v) is 2.64. The molecule has 1 aromatic heterocycles. The number of nitrogen functional groups attached to an aromatic ring is 2. The van der Waals surface area contributed by atoms with Crippen molar-refractivity contribution in [3.05, 3.63) is 36.0 Å². The Bertz CT molecular complexity index is 658. The molecule has 0 saturated heterocycles. The largest absolute Gasteiger partial charge is 0.465 e. The zero-order valence-corrected chi connectivity index (χ0v) is 10.8. The number of hydrogen-bond acceptors (Lipinski definition) is 5. The van der Waals surface area contributed by atoms with Crippen molar-refractivity contribution < 1.29 is 14.6 Å². The maximum absolute atomic E-state index is 10.6. The molecule has 7 heteroatoms. The summed E-state index contributed by atoms with van der Waals surface area (Å²) in [7, 11) is 0. The number of anilines is 3. The number of nitrogens with one attached hydrogen (secondary N) is 1. The quantitative estimate of drug-likeness (QED) is 0.681. The third-order valence-electron chi connectivity index (χ3n) is 2.64. The van der Waals surface area contributed by atoms with Gasteiger partial charge in [0.1, 0.15) is 17.3 Å². The molecule has 0 aliphatic heterocycles. The summed E-state index contributed by atoms with van der Waals surface area (Å²) < 4.78 is 5.67. The van der Waals surface area contributed by atoms with Crippen LogP contribution in [0.5, 0.6) is 11.5 Å². The normalized spacial score (nSPS) is 10.1. The van der Waals surface area contributed by atoms with Crippen LogP contribution in [0.2, 0.25) is 0 Å². The Hall–Kier alpha value is -2.96. The van der Waals surface area contributed by atoms with E-state index in [9.17, 15) is 4.79 Å². The van der Waals surface area contributed by atoms with E-state index in [4.69, 9.17) is 21.3 Å². The van der Waals surface area contributed by atoms with Gasteiger partial charge in [-0.05, 0) is 18.6 Å². The SMILES string of the molecule is Cc1ccc(NC(=O)O)cc1Oc1ccnc(N)c1N. The number of carbonyl (C=O) groups is 1. The molecule has 0 aliphatic carbocycles. The minimum absolute atomic E-state index is 0.181. The molecule has 1 amide bonds. The van der Waals surface area contributed by atoms with E-state index < -0.39 is 6.09 Å². The first-order valence-corrected chi connectivity index (χ1v) is 5.76. The van der Waals surface area contributed by atoms with Crippen LogP contribution in [0.3, 0.4) is 0 Å². The second kappa shape index (κ2) is 5.35. The van der Waals surface area contributed by atoms with Gasteiger partial charge in [-0.3, -0.25) is 5.32 Å². The maximum atomic E-state index is 10.6. The molecule has 0 fully saturated rings. The molecule has 20 heavy (non-hydrogen) atoms. The summed E-state index contributed by atoms with van der Waals surface area (Å²) in [4.78, 5) is 14.5. The number of aryl methyl sites for hydroxylation is 1. The highest BCUT2D eigenvalue weighted by atomic mass is 16.5. The second-order valence-electron chi connectivity index (χ2n) is 4.12. The third kappa shape index (κ3) is 2.89. The van der Waals surface area contributed by atoms with E-state index >= 15 is 0 Å². The molecule has 0 spiro atoms. The van der Waals surface area contributed by atoms with Crippen molar-refractivity contribution in [3.63, 3.8) is 0 Å². The standard InChI is InChI=1S/C13H14N4O3/c1-7-2-3-8(17-13(18)19)6-10(7)20-9-4-5-16-12(15)11(9)14/h2-6,17H,14H2,1H3,(H2,15,16)(H,18,19). The fourth-order valence-electron chi connectivity index (χ4n) is 1.59. The lowest BCUT2D eigenvalue weighted by Crippen LogP contribution is -2.07. The van der Waals surface area contributed by atoms with Gasteiger partial charge in [0.05, 0.1) is 0 Å². The van der Waals surface area contributed by atoms with E-state index in [1.165, 1.54) is 6.20 Å². The Morgan fingerprint density at radius 1 is 1.30 bits per heavy atom. The molecular weight excluding hydrogens is 260 g/mol. The molecule has 104 valence electrons. The van der Waals surface area contributed by atoms with E-state index in [0.717, 1.165) is 5.56 Å². The molecule has 0 atom stereocenters. The van der Waals surface area contributed by atoms with Crippen LogP contribution in [0.4, 0.5) is 22.0 Å². The van der Waals surface area contributed by atoms with Gasteiger partial charge in [0.15, 0.2) is 5.75 Å². The van der Waals surface area contributed by atoms with Crippen molar-refractivity contribution in [1.29, 1.82) is 0 Å². The van der Waals surface area contributed by atoms with E-state index in [0.29, 0.717) is 17.2 Å². The van der Waals surface area contributed by atoms with Crippen molar-refractivity contribution in [1.82, 2.24) is 4.98 Å². The molecular formula is C13H14N4O3. The topological polar surface area (TPSA) is 123 Å². The first-order valence-electron chi connectivity index (χ1n) is 5.76. The summed E-state index contributed by atoms with van der Waals surface area (Å²) in [6, 6.07) is 6.53. The molecule has 0 bridgehead atoms. The van der Waals surface area contributed by atoms with Gasteiger partial charge >= 0.3 is 6.09 Å². The van der Waals surface area contributed by atoms with Gasteiger partial charge in [-0.15, -0.1) is 0 Å². The van der Waals surface area contributed by atoms with Crippen molar-refractivity contribution in [2.24, 2.45) is 0 Å². The van der Waals surface area contributed by atoms with Crippen molar-refractivity contribution in [2.45, 2.75) is 6.92 Å². The molecule has 2 rings (SSSR count). The average molecular weight is 274 g/mol. The number of nitrogens with two attached hydrogens (primary N) is 2. The van der Waals surface area contributed by atoms with Crippen LogP contribution >= 0.6 is 0 Å². The summed E-state index contributed by atoms with van der Waals surface area (Å²) in [6.07, 6.45) is 0.336. The lowest BCUT2D eigenvalue weighted by molar-refractivity contribution is 0.210. The molecule has 0 unspecified atom stereocenters. The summed E-state index contributed by atoms with van der Waals surface area (Å²) in [5.74, 6) is 1.03. The minimum atomic E-state index is -1.15. The summed E-state index contributed by atoms with van der Waals surface area (Å²) >= 11 is 0. The Kier molecular flexibility index (Phi) is 3.60. The number of pyridine rings is 1. The van der Waals surface area contributed by atoms with Crippen LogP contribution < -0.4 is 21.5 Å².